The summed E-state index contributed by atoms with van der Waals surface area (Å²) in [7, 11) is 0. The van der Waals surface area contributed by atoms with Gasteiger partial charge in [0, 0.05) is 0 Å². The molecule has 0 amide bonds. The maximum atomic E-state index is 2.52. The molecule has 12 rings (SSSR count). The highest BCUT2D eigenvalue weighted by atomic mass is 14.5. The minimum atomic E-state index is -0.336. The van der Waals surface area contributed by atoms with E-state index in [-0.39, 0.29) is 12.1 Å². The van der Waals surface area contributed by atoms with Gasteiger partial charge in [0.05, 0.1) is 5.41 Å². The minimum absolute atomic E-state index is 0.225. The first kappa shape index (κ1) is 25.4. The second kappa shape index (κ2) is 8.82. The zero-order valence-corrected chi connectivity index (χ0v) is 26.4. The van der Waals surface area contributed by atoms with Crippen LogP contribution in [0.3, 0.4) is 0 Å². The average molecular weight is 605 g/mol. The van der Waals surface area contributed by atoms with Crippen molar-refractivity contribution < 1.29 is 0 Å². The Balaban J connectivity index is 1.10. The van der Waals surface area contributed by atoms with Gasteiger partial charge in [-0.3, -0.25) is 0 Å². The number of fused-ring (bicyclic) bond motifs is 12. The molecule has 2 heterocycles. The van der Waals surface area contributed by atoms with Gasteiger partial charge in [-0.15, -0.1) is 0 Å². The third-order valence-corrected chi connectivity index (χ3v) is 12.2. The van der Waals surface area contributed by atoms with Crippen LogP contribution in [0.25, 0.3) is 44.2 Å². The van der Waals surface area contributed by atoms with E-state index in [1.807, 2.05) is 0 Å². The summed E-state index contributed by atoms with van der Waals surface area (Å²) in [5, 5.41) is 2.82. The van der Waals surface area contributed by atoms with Crippen LogP contribution >= 0.6 is 0 Å². The first-order valence-electron chi connectivity index (χ1n) is 17.3. The van der Waals surface area contributed by atoms with E-state index in [1.165, 1.54) is 105 Å². The lowest BCUT2D eigenvalue weighted by molar-refractivity contribution is 0.775. The number of hydrogen-bond donors (Lipinski definition) is 0. The van der Waals surface area contributed by atoms with E-state index in [4.69, 9.17) is 0 Å². The molecule has 0 N–H and O–H groups in total. The van der Waals surface area contributed by atoms with E-state index in [0.29, 0.717) is 0 Å². The summed E-state index contributed by atoms with van der Waals surface area (Å²) in [6, 6.07) is 53.6. The lowest BCUT2D eigenvalue weighted by Crippen LogP contribution is -2.59. The quantitative estimate of drug-likeness (QED) is 0.165. The Hall–Kier alpha value is -5.66. The highest BCUT2D eigenvalue weighted by molar-refractivity contribution is 7.00. The smallest absolute Gasteiger partial charge is 0.0716 e. The normalized spacial score (nSPS) is 16.1. The molecular formula is C47H29B. The van der Waals surface area contributed by atoms with Gasteiger partial charge in [-0.05, 0) is 108 Å². The predicted molar refractivity (Wildman–Crippen MR) is 201 cm³/mol. The van der Waals surface area contributed by atoms with Crippen LogP contribution in [-0.4, -0.2) is 6.71 Å². The third kappa shape index (κ3) is 2.88. The van der Waals surface area contributed by atoms with Crippen LogP contribution in [0.15, 0.2) is 152 Å². The lowest BCUT2D eigenvalue weighted by atomic mass is 9.32. The van der Waals surface area contributed by atoms with Crippen molar-refractivity contribution in [3.8, 4) is 22.3 Å². The van der Waals surface area contributed by atoms with Gasteiger partial charge in [-0.25, -0.2) is 0 Å². The van der Waals surface area contributed by atoms with Gasteiger partial charge in [-0.2, -0.15) is 0 Å². The summed E-state index contributed by atoms with van der Waals surface area (Å²) >= 11 is 0. The first-order valence-corrected chi connectivity index (χ1v) is 17.3. The fourth-order valence-electron chi connectivity index (χ4n) is 10.5. The minimum Gasteiger partial charge on any atom is -0.0716 e. The van der Waals surface area contributed by atoms with Gasteiger partial charge >= 0.3 is 0 Å². The van der Waals surface area contributed by atoms with E-state index in [1.54, 1.807) is 0 Å². The van der Waals surface area contributed by atoms with E-state index >= 15 is 0 Å². The highest BCUT2D eigenvalue weighted by Gasteiger charge is 2.54. The van der Waals surface area contributed by atoms with Crippen LogP contribution in [0.5, 0.6) is 0 Å². The Labute approximate surface area is 280 Å². The molecule has 3 aliphatic carbocycles. The van der Waals surface area contributed by atoms with Gasteiger partial charge in [-0.1, -0.05) is 162 Å². The molecule has 0 unspecified atom stereocenters. The molecule has 0 aromatic heterocycles. The molecule has 7 aromatic carbocycles. The van der Waals surface area contributed by atoms with Crippen molar-refractivity contribution in [2.24, 2.45) is 0 Å². The zero-order chi connectivity index (χ0) is 31.1. The topological polar surface area (TPSA) is 0 Å². The number of benzene rings is 7. The second-order valence-corrected chi connectivity index (χ2v) is 14.2. The van der Waals surface area contributed by atoms with Crippen LogP contribution in [0.1, 0.15) is 44.5 Å². The third-order valence-electron chi connectivity index (χ3n) is 12.2. The number of allylic oxidation sites excluding steroid dienone is 4. The van der Waals surface area contributed by atoms with Gasteiger partial charge in [0.15, 0.2) is 0 Å². The number of hydrogen-bond acceptors (Lipinski definition) is 0. The summed E-state index contributed by atoms with van der Waals surface area (Å²) < 4.78 is 0. The van der Waals surface area contributed by atoms with E-state index in [2.05, 4.69) is 152 Å². The molecule has 0 bridgehead atoms. The monoisotopic (exact) mass is 604 g/mol. The van der Waals surface area contributed by atoms with Crippen LogP contribution in [0, 0.1) is 0 Å². The second-order valence-electron chi connectivity index (χ2n) is 14.2. The molecule has 0 fully saturated rings. The zero-order valence-electron chi connectivity index (χ0n) is 26.4. The molecule has 0 atom stereocenters. The van der Waals surface area contributed by atoms with Crippen LogP contribution in [0.4, 0.5) is 0 Å². The maximum Gasteiger partial charge on any atom is 0.243 e. The van der Waals surface area contributed by atoms with Crippen molar-refractivity contribution >= 4 is 45.0 Å². The molecule has 1 heteroatoms. The summed E-state index contributed by atoms with van der Waals surface area (Å²) in [6.45, 7) is 0.225. The van der Waals surface area contributed by atoms with E-state index in [0.717, 1.165) is 12.8 Å². The molecule has 0 nitrogen and oxygen atoms in total. The highest BCUT2D eigenvalue weighted by Crippen LogP contribution is 2.57. The molecule has 220 valence electrons. The Kier molecular flexibility index (Phi) is 4.67. The molecule has 0 radical (unpaired) electrons. The molecular weight excluding hydrogens is 575 g/mol. The molecule has 0 saturated carbocycles. The Morgan fingerprint density at radius 3 is 2.00 bits per heavy atom. The predicted octanol–water partition coefficient (Wildman–Crippen LogP) is 8.59. The fraction of sp³-hybridized carbons (Fsp3) is 0.0638. The van der Waals surface area contributed by atoms with E-state index in [9.17, 15) is 0 Å². The molecule has 5 aliphatic rings. The van der Waals surface area contributed by atoms with Gasteiger partial charge in [0.2, 0.25) is 6.71 Å². The largest absolute Gasteiger partial charge is 0.243 e. The fourth-order valence-corrected chi connectivity index (χ4v) is 10.5. The summed E-state index contributed by atoms with van der Waals surface area (Å²) in [5.74, 6) is 0. The Morgan fingerprint density at radius 1 is 0.458 bits per heavy atom. The van der Waals surface area contributed by atoms with Gasteiger partial charge in [0.1, 0.15) is 0 Å². The summed E-state index contributed by atoms with van der Waals surface area (Å²) in [6.07, 6.45) is 6.92. The van der Waals surface area contributed by atoms with Crippen molar-refractivity contribution in [3.05, 3.63) is 196 Å². The van der Waals surface area contributed by atoms with Gasteiger partial charge in [0.25, 0.3) is 0 Å². The van der Waals surface area contributed by atoms with Crippen molar-refractivity contribution in [1.82, 2.24) is 0 Å². The Bertz CT molecular complexity index is 2640. The molecule has 2 aliphatic heterocycles. The van der Waals surface area contributed by atoms with Crippen LogP contribution in [-0.2, 0) is 18.3 Å². The van der Waals surface area contributed by atoms with Crippen LogP contribution < -0.4 is 16.4 Å². The first-order chi connectivity index (χ1) is 23.8. The average Bonchev–Trinajstić information content (AvgIpc) is 3.64. The summed E-state index contributed by atoms with van der Waals surface area (Å²) in [4.78, 5) is 0. The SMILES string of the molecule is C1=C(c2ccc3c(c2)-c2cccc4c2B3c2ccccc2C42c3ccccc3-c3ccccc32)C2=CCc3cccc4ccc(c2c34)C1. The van der Waals surface area contributed by atoms with Gasteiger partial charge < -0.3 is 0 Å². The van der Waals surface area contributed by atoms with Crippen molar-refractivity contribution in [2.45, 2.75) is 18.3 Å². The maximum absolute atomic E-state index is 2.52. The lowest BCUT2D eigenvalue weighted by Gasteiger charge is -2.42. The van der Waals surface area contributed by atoms with Crippen LogP contribution in [0.2, 0.25) is 0 Å². The molecule has 7 aromatic rings. The van der Waals surface area contributed by atoms with Crippen molar-refractivity contribution in [2.75, 3.05) is 0 Å². The summed E-state index contributed by atoms with van der Waals surface area (Å²) in [5.41, 5.74) is 23.7. The van der Waals surface area contributed by atoms with Crippen molar-refractivity contribution in [1.29, 1.82) is 0 Å². The van der Waals surface area contributed by atoms with E-state index < -0.39 is 0 Å². The molecule has 1 spiro atoms. The molecule has 0 saturated heterocycles. The molecule has 48 heavy (non-hydrogen) atoms. The number of rotatable bonds is 1. The standard InChI is InChI=1S/C47H29B/c1-3-14-38-33(11-1)34-12-2-4-15-39(34)47(38)40-16-5-6-18-43(40)48-42-26-23-31(27-37(42)36-13-8-17-41(47)46(36)48)32-24-21-30-20-19-28-9-7-10-29-22-25-35(32)45(30)44(28)29/h1-20,23-27H,21-22H2. The Morgan fingerprint density at radius 2 is 1.15 bits per heavy atom. The van der Waals surface area contributed by atoms with Crippen molar-refractivity contribution in [3.63, 3.8) is 0 Å².